The molecule has 0 radical (unpaired) electrons. The minimum absolute atomic E-state index is 0.0183. The lowest BCUT2D eigenvalue weighted by Crippen LogP contribution is -2.09. The molecule has 116 valence electrons. The first-order valence-electron chi connectivity index (χ1n) is 6.35. The number of hydrogen-bond donors (Lipinski definition) is 0. The number of methoxy groups -OCH3 is 1. The second kappa shape index (κ2) is 6.62. The molecular formula is C16H13F3O3. The summed E-state index contributed by atoms with van der Waals surface area (Å²) >= 11 is 0. The first-order valence-corrected chi connectivity index (χ1v) is 6.35. The van der Waals surface area contributed by atoms with E-state index in [4.69, 9.17) is 9.47 Å². The average molecular weight is 310 g/mol. The summed E-state index contributed by atoms with van der Waals surface area (Å²) in [5.74, 6) is 0.399. The Kier molecular flexibility index (Phi) is 4.82. The van der Waals surface area contributed by atoms with E-state index in [0.717, 1.165) is 12.1 Å². The van der Waals surface area contributed by atoms with Gasteiger partial charge in [-0.3, -0.25) is 4.79 Å². The third-order valence-corrected chi connectivity index (χ3v) is 3.02. The number of rotatable bonds is 5. The number of alkyl halides is 3. The number of benzene rings is 2. The van der Waals surface area contributed by atoms with Gasteiger partial charge in [0.2, 0.25) is 0 Å². The number of ether oxygens (including phenoxy) is 2. The van der Waals surface area contributed by atoms with Crippen LogP contribution < -0.4 is 4.74 Å². The van der Waals surface area contributed by atoms with Crippen molar-refractivity contribution in [3.63, 3.8) is 0 Å². The fourth-order valence-corrected chi connectivity index (χ4v) is 2.03. The average Bonchev–Trinajstić information content (AvgIpc) is 2.51. The Morgan fingerprint density at radius 1 is 1.14 bits per heavy atom. The Balaban J connectivity index is 2.52. The van der Waals surface area contributed by atoms with Gasteiger partial charge in [0.15, 0.2) is 13.1 Å². The lowest BCUT2D eigenvalue weighted by molar-refractivity contribution is -0.137. The fraction of sp³-hybridized carbons (Fsp3) is 0.188. The fourth-order valence-electron chi connectivity index (χ4n) is 2.03. The molecule has 0 saturated heterocycles. The second-order valence-corrected chi connectivity index (χ2v) is 4.46. The molecule has 2 aromatic carbocycles. The van der Waals surface area contributed by atoms with Gasteiger partial charge in [0.05, 0.1) is 5.56 Å². The number of para-hydroxylation sites is 1. The van der Waals surface area contributed by atoms with Gasteiger partial charge in [-0.1, -0.05) is 30.3 Å². The van der Waals surface area contributed by atoms with Gasteiger partial charge in [0.1, 0.15) is 5.75 Å². The van der Waals surface area contributed by atoms with Gasteiger partial charge in [0, 0.05) is 18.2 Å². The number of halogens is 3. The Bertz CT molecular complexity index is 666. The smallest absolute Gasteiger partial charge is 0.417 e. The van der Waals surface area contributed by atoms with Crippen molar-refractivity contribution in [1.29, 1.82) is 0 Å². The van der Waals surface area contributed by atoms with Crippen LogP contribution >= 0.6 is 0 Å². The van der Waals surface area contributed by atoms with Gasteiger partial charge >= 0.3 is 6.18 Å². The summed E-state index contributed by atoms with van der Waals surface area (Å²) in [7, 11) is 1.45. The summed E-state index contributed by atoms with van der Waals surface area (Å²) < 4.78 is 49.2. The largest absolute Gasteiger partial charge is 0.467 e. The highest BCUT2D eigenvalue weighted by molar-refractivity contribution is 5.81. The predicted molar refractivity (Wildman–Crippen MR) is 74.8 cm³/mol. The van der Waals surface area contributed by atoms with Gasteiger partial charge < -0.3 is 9.47 Å². The zero-order chi connectivity index (χ0) is 16.2. The molecule has 0 unspecified atom stereocenters. The molecule has 22 heavy (non-hydrogen) atoms. The van der Waals surface area contributed by atoms with Crippen molar-refractivity contribution < 1.29 is 27.4 Å². The minimum atomic E-state index is -4.60. The quantitative estimate of drug-likeness (QED) is 0.614. The van der Waals surface area contributed by atoms with Gasteiger partial charge in [-0.25, -0.2) is 0 Å². The van der Waals surface area contributed by atoms with E-state index in [2.05, 4.69) is 0 Å². The summed E-state index contributed by atoms with van der Waals surface area (Å²) in [4.78, 5) is 10.8. The monoisotopic (exact) mass is 310 g/mol. The molecule has 0 aliphatic rings. The van der Waals surface area contributed by atoms with Gasteiger partial charge in [-0.2, -0.15) is 13.2 Å². The third-order valence-electron chi connectivity index (χ3n) is 3.02. The van der Waals surface area contributed by atoms with Crippen LogP contribution in [-0.4, -0.2) is 20.2 Å². The maximum Gasteiger partial charge on any atom is 0.417 e. The molecule has 0 amide bonds. The normalized spacial score (nSPS) is 11.3. The van der Waals surface area contributed by atoms with Crippen LogP contribution in [0.1, 0.15) is 15.9 Å². The Morgan fingerprint density at radius 2 is 1.86 bits per heavy atom. The molecule has 3 nitrogen and oxygen atoms in total. The first-order chi connectivity index (χ1) is 10.5. The molecule has 0 N–H and O–H groups in total. The summed E-state index contributed by atoms with van der Waals surface area (Å²) in [6.07, 6.45) is -4.41. The Hall–Kier alpha value is -2.34. The SMILES string of the molecule is COCOc1ccccc1-c1ccc(C=O)c(C(F)(F)F)c1. The van der Waals surface area contributed by atoms with Gasteiger partial charge in [-0.15, -0.1) is 0 Å². The van der Waals surface area contributed by atoms with E-state index < -0.39 is 17.3 Å². The van der Waals surface area contributed by atoms with Crippen molar-refractivity contribution in [1.82, 2.24) is 0 Å². The summed E-state index contributed by atoms with van der Waals surface area (Å²) in [5, 5.41) is 0. The Labute approximate surface area is 125 Å². The van der Waals surface area contributed by atoms with Crippen LogP contribution in [-0.2, 0) is 10.9 Å². The zero-order valence-electron chi connectivity index (χ0n) is 11.7. The van der Waals surface area contributed by atoms with Crippen molar-refractivity contribution in [2.75, 3.05) is 13.9 Å². The van der Waals surface area contributed by atoms with E-state index in [-0.39, 0.29) is 13.1 Å². The van der Waals surface area contributed by atoms with Crippen LogP contribution in [0.25, 0.3) is 11.1 Å². The van der Waals surface area contributed by atoms with Crippen LogP contribution in [0.5, 0.6) is 5.75 Å². The highest BCUT2D eigenvalue weighted by atomic mass is 19.4. The molecule has 2 rings (SSSR count). The molecule has 0 fully saturated rings. The van der Waals surface area contributed by atoms with E-state index in [1.54, 1.807) is 24.3 Å². The van der Waals surface area contributed by atoms with Gasteiger partial charge in [0.25, 0.3) is 0 Å². The summed E-state index contributed by atoms with van der Waals surface area (Å²) in [6, 6.07) is 10.2. The minimum Gasteiger partial charge on any atom is -0.467 e. The van der Waals surface area contributed by atoms with Crippen molar-refractivity contribution in [2.45, 2.75) is 6.18 Å². The van der Waals surface area contributed by atoms with Crippen LogP contribution in [0.15, 0.2) is 42.5 Å². The molecule has 2 aromatic rings. The zero-order valence-corrected chi connectivity index (χ0v) is 11.7. The predicted octanol–water partition coefficient (Wildman–Crippen LogP) is 4.17. The number of aldehydes is 1. The van der Waals surface area contributed by atoms with Crippen molar-refractivity contribution in [3.8, 4) is 16.9 Å². The van der Waals surface area contributed by atoms with Crippen LogP contribution in [0.4, 0.5) is 13.2 Å². The summed E-state index contributed by atoms with van der Waals surface area (Å²) in [5.41, 5.74) is -0.569. The summed E-state index contributed by atoms with van der Waals surface area (Å²) in [6.45, 7) is -0.0183. The lowest BCUT2D eigenvalue weighted by Gasteiger charge is -2.14. The second-order valence-electron chi connectivity index (χ2n) is 4.46. The van der Waals surface area contributed by atoms with E-state index in [0.29, 0.717) is 16.9 Å². The maximum atomic E-state index is 13.0. The van der Waals surface area contributed by atoms with E-state index in [1.165, 1.54) is 13.2 Å². The van der Waals surface area contributed by atoms with Gasteiger partial charge in [-0.05, 0) is 17.7 Å². The highest BCUT2D eigenvalue weighted by Gasteiger charge is 2.33. The molecule has 0 atom stereocenters. The molecule has 0 aliphatic heterocycles. The van der Waals surface area contributed by atoms with E-state index in [9.17, 15) is 18.0 Å². The molecule has 6 heteroatoms. The topological polar surface area (TPSA) is 35.5 Å². The van der Waals surface area contributed by atoms with Crippen molar-refractivity contribution in [2.24, 2.45) is 0 Å². The maximum absolute atomic E-state index is 13.0. The third kappa shape index (κ3) is 3.46. The van der Waals surface area contributed by atoms with Crippen LogP contribution in [0, 0.1) is 0 Å². The molecule has 0 aromatic heterocycles. The molecule has 0 bridgehead atoms. The molecule has 0 heterocycles. The van der Waals surface area contributed by atoms with Crippen molar-refractivity contribution in [3.05, 3.63) is 53.6 Å². The Morgan fingerprint density at radius 3 is 2.50 bits per heavy atom. The first kappa shape index (κ1) is 16.0. The van der Waals surface area contributed by atoms with Crippen LogP contribution in [0.2, 0.25) is 0 Å². The number of carbonyl (C=O) groups is 1. The molecular weight excluding hydrogens is 297 g/mol. The van der Waals surface area contributed by atoms with E-state index in [1.807, 2.05) is 0 Å². The number of carbonyl (C=O) groups excluding carboxylic acids is 1. The number of hydrogen-bond acceptors (Lipinski definition) is 3. The van der Waals surface area contributed by atoms with Crippen molar-refractivity contribution >= 4 is 6.29 Å². The standard InChI is InChI=1S/C16H13F3O3/c1-21-10-22-15-5-3-2-4-13(15)11-6-7-12(9-20)14(8-11)16(17,18)19/h2-9H,10H2,1H3. The van der Waals surface area contributed by atoms with Crippen LogP contribution in [0.3, 0.4) is 0 Å². The molecule has 0 saturated carbocycles. The molecule has 0 aliphatic carbocycles. The highest BCUT2D eigenvalue weighted by Crippen LogP contribution is 2.36. The van der Waals surface area contributed by atoms with E-state index >= 15 is 0 Å². The molecule has 0 spiro atoms. The lowest BCUT2D eigenvalue weighted by atomic mass is 9.98.